The van der Waals surface area contributed by atoms with Gasteiger partial charge < -0.3 is 15.3 Å². The second kappa shape index (κ2) is 7.04. The van der Waals surface area contributed by atoms with Crippen molar-refractivity contribution in [2.45, 2.75) is 32.9 Å². The highest BCUT2D eigenvalue weighted by molar-refractivity contribution is 9.10. The number of nitrogens with zero attached hydrogens (tertiary/aromatic N) is 1. The Bertz CT molecular complexity index is 454. The van der Waals surface area contributed by atoms with Crippen LogP contribution >= 0.6 is 15.9 Å². The number of carbonyl (C=O) groups excluding carboxylic acids is 1. The number of urea groups is 1. The molecule has 1 rings (SSSR count). The molecule has 0 aliphatic rings. The Kier molecular flexibility index (Phi) is 5.95. The predicted molar refractivity (Wildman–Crippen MR) is 79.9 cm³/mol. The van der Waals surface area contributed by atoms with Gasteiger partial charge >= 0.3 is 6.03 Å². The molecule has 0 saturated carbocycles. The van der Waals surface area contributed by atoms with Gasteiger partial charge in [-0.15, -0.1) is 0 Å². The van der Waals surface area contributed by atoms with Crippen molar-refractivity contribution in [1.29, 1.82) is 0 Å². The molecule has 0 fully saturated rings. The van der Waals surface area contributed by atoms with Crippen molar-refractivity contribution >= 4 is 22.0 Å². The second-order valence-electron chi connectivity index (χ2n) is 5.26. The normalized spacial score (nSPS) is 11.3. The van der Waals surface area contributed by atoms with E-state index in [9.17, 15) is 14.3 Å². The maximum Gasteiger partial charge on any atom is 0.317 e. The lowest BCUT2D eigenvalue weighted by Gasteiger charge is -2.28. The molecule has 0 aliphatic carbocycles. The van der Waals surface area contributed by atoms with Gasteiger partial charge in [-0.05, 0) is 44.5 Å². The van der Waals surface area contributed by atoms with E-state index in [1.807, 2.05) is 6.92 Å². The van der Waals surface area contributed by atoms with E-state index in [1.165, 1.54) is 17.0 Å². The highest BCUT2D eigenvalue weighted by Gasteiger charge is 2.20. The summed E-state index contributed by atoms with van der Waals surface area (Å²) in [6.45, 7) is 6.09. The quantitative estimate of drug-likeness (QED) is 0.861. The van der Waals surface area contributed by atoms with Gasteiger partial charge in [0, 0.05) is 17.6 Å². The molecule has 112 valence electrons. The molecule has 1 aromatic carbocycles. The molecule has 0 aliphatic heterocycles. The topological polar surface area (TPSA) is 52.6 Å². The van der Waals surface area contributed by atoms with Gasteiger partial charge in [0.05, 0.1) is 12.1 Å². The Labute approximate surface area is 127 Å². The largest absolute Gasteiger partial charge is 0.389 e. The van der Waals surface area contributed by atoms with Crippen LogP contribution in [0.1, 0.15) is 26.3 Å². The van der Waals surface area contributed by atoms with E-state index >= 15 is 0 Å². The third-order valence-corrected chi connectivity index (χ3v) is 3.07. The minimum Gasteiger partial charge on any atom is -0.389 e. The van der Waals surface area contributed by atoms with Crippen LogP contribution < -0.4 is 5.32 Å². The van der Waals surface area contributed by atoms with Crippen molar-refractivity contribution in [2.24, 2.45) is 0 Å². The van der Waals surface area contributed by atoms with E-state index in [2.05, 4.69) is 21.2 Å². The first kappa shape index (κ1) is 16.9. The molecule has 2 N–H and O–H groups in total. The van der Waals surface area contributed by atoms with Crippen LogP contribution in [0.25, 0.3) is 0 Å². The molecule has 0 radical (unpaired) electrons. The average molecular weight is 347 g/mol. The lowest BCUT2D eigenvalue weighted by molar-refractivity contribution is 0.0480. The number of likely N-dealkylation sites (N-methyl/N-ethyl adjacent to an activating group) is 1. The number of hydrogen-bond donors (Lipinski definition) is 2. The Morgan fingerprint density at radius 2 is 2.10 bits per heavy atom. The first-order chi connectivity index (χ1) is 9.21. The maximum atomic E-state index is 13.2. The summed E-state index contributed by atoms with van der Waals surface area (Å²) in [7, 11) is 0. The number of rotatable bonds is 5. The van der Waals surface area contributed by atoms with Crippen LogP contribution in [0.5, 0.6) is 0 Å². The molecule has 0 saturated heterocycles. The van der Waals surface area contributed by atoms with Gasteiger partial charge in [0.15, 0.2) is 0 Å². The number of hydrogen-bond acceptors (Lipinski definition) is 2. The summed E-state index contributed by atoms with van der Waals surface area (Å²) in [5.41, 5.74) is -0.278. The molecule has 0 heterocycles. The fourth-order valence-electron chi connectivity index (χ4n) is 1.80. The van der Waals surface area contributed by atoms with Gasteiger partial charge in [-0.3, -0.25) is 0 Å². The maximum absolute atomic E-state index is 13.2. The fraction of sp³-hybridized carbons (Fsp3) is 0.500. The van der Waals surface area contributed by atoms with E-state index in [0.717, 1.165) is 0 Å². The number of aliphatic hydroxyl groups is 1. The van der Waals surface area contributed by atoms with E-state index < -0.39 is 5.60 Å². The number of benzene rings is 1. The Morgan fingerprint density at radius 1 is 1.45 bits per heavy atom. The molecule has 2 amide bonds. The van der Waals surface area contributed by atoms with Gasteiger partial charge in [-0.25, -0.2) is 9.18 Å². The van der Waals surface area contributed by atoms with Crippen LogP contribution in [0.4, 0.5) is 9.18 Å². The Balaban J connectivity index is 2.61. The van der Waals surface area contributed by atoms with Gasteiger partial charge in [-0.2, -0.15) is 0 Å². The zero-order chi connectivity index (χ0) is 15.3. The van der Waals surface area contributed by atoms with E-state index in [1.54, 1.807) is 19.9 Å². The molecule has 6 heteroatoms. The molecule has 0 aromatic heterocycles. The van der Waals surface area contributed by atoms with Crippen molar-refractivity contribution < 1.29 is 14.3 Å². The number of halogens is 2. The molecule has 1 aromatic rings. The first-order valence-corrected chi connectivity index (χ1v) is 7.20. The highest BCUT2D eigenvalue weighted by Crippen LogP contribution is 2.15. The van der Waals surface area contributed by atoms with Gasteiger partial charge in [-0.1, -0.05) is 15.9 Å². The standard InChI is InChI=1S/C14H20BrFN2O2/c1-4-18(9-14(2,3)20)13(19)17-8-10-5-11(15)7-12(16)6-10/h5-7,20H,4,8-9H2,1-3H3,(H,17,19). The fourth-order valence-corrected chi connectivity index (χ4v) is 2.31. The zero-order valence-corrected chi connectivity index (χ0v) is 13.5. The van der Waals surface area contributed by atoms with Crippen LogP contribution in [0, 0.1) is 5.82 Å². The van der Waals surface area contributed by atoms with Gasteiger partial charge in [0.2, 0.25) is 0 Å². The molecular formula is C14H20BrFN2O2. The molecule has 20 heavy (non-hydrogen) atoms. The number of carbonyl (C=O) groups is 1. The number of nitrogens with one attached hydrogen (secondary N) is 1. The lowest BCUT2D eigenvalue weighted by atomic mass is 10.1. The van der Waals surface area contributed by atoms with Crippen molar-refractivity contribution in [3.8, 4) is 0 Å². The highest BCUT2D eigenvalue weighted by atomic mass is 79.9. The summed E-state index contributed by atoms with van der Waals surface area (Å²) < 4.78 is 13.8. The van der Waals surface area contributed by atoms with Crippen LogP contribution in [0.2, 0.25) is 0 Å². The van der Waals surface area contributed by atoms with E-state index in [0.29, 0.717) is 16.6 Å². The van der Waals surface area contributed by atoms with E-state index in [4.69, 9.17) is 0 Å². The molecule has 0 unspecified atom stereocenters. The Morgan fingerprint density at radius 3 is 2.60 bits per heavy atom. The monoisotopic (exact) mass is 346 g/mol. The van der Waals surface area contributed by atoms with Gasteiger partial charge in [0.1, 0.15) is 5.82 Å². The summed E-state index contributed by atoms with van der Waals surface area (Å²) in [5.74, 6) is -0.354. The number of amides is 2. The third-order valence-electron chi connectivity index (χ3n) is 2.61. The van der Waals surface area contributed by atoms with E-state index in [-0.39, 0.29) is 24.9 Å². The van der Waals surface area contributed by atoms with Crippen molar-refractivity contribution in [1.82, 2.24) is 10.2 Å². The smallest absolute Gasteiger partial charge is 0.317 e. The minimum absolute atomic E-state index is 0.234. The summed E-state index contributed by atoms with van der Waals surface area (Å²) >= 11 is 3.21. The zero-order valence-electron chi connectivity index (χ0n) is 11.9. The SMILES string of the molecule is CCN(CC(C)(C)O)C(=O)NCc1cc(F)cc(Br)c1. The summed E-state index contributed by atoms with van der Waals surface area (Å²) in [6, 6.07) is 4.19. The van der Waals surface area contributed by atoms with Gasteiger partial charge in [0.25, 0.3) is 0 Å². The lowest BCUT2D eigenvalue weighted by Crippen LogP contribution is -2.46. The summed E-state index contributed by atoms with van der Waals surface area (Å²) in [4.78, 5) is 13.5. The average Bonchev–Trinajstić information content (AvgIpc) is 2.30. The molecule has 0 spiro atoms. The minimum atomic E-state index is -0.949. The first-order valence-electron chi connectivity index (χ1n) is 6.41. The van der Waals surface area contributed by atoms with Crippen molar-refractivity contribution in [3.05, 3.63) is 34.1 Å². The van der Waals surface area contributed by atoms with Crippen molar-refractivity contribution in [2.75, 3.05) is 13.1 Å². The molecular weight excluding hydrogens is 327 g/mol. The third kappa shape index (κ3) is 5.88. The summed E-state index contributed by atoms with van der Waals surface area (Å²) in [6.07, 6.45) is 0. The van der Waals surface area contributed by atoms with Crippen LogP contribution in [-0.2, 0) is 6.54 Å². The Hall–Kier alpha value is -1.14. The van der Waals surface area contributed by atoms with Crippen LogP contribution in [0.15, 0.2) is 22.7 Å². The van der Waals surface area contributed by atoms with Crippen LogP contribution in [0.3, 0.4) is 0 Å². The summed E-state index contributed by atoms with van der Waals surface area (Å²) in [5, 5.41) is 12.5. The second-order valence-corrected chi connectivity index (χ2v) is 6.18. The van der Waals surface area contributed by atoms with Crippen LogP contribution in [-0.4, -0.2) is 34.7 Å². The molecule has 0 bridgehead atoms. The molecule has 0 atom stereocenters. The van der Waals surface area contributed by atoms with Crippen molar-refractivity contribution in [3.63, 3.8) is 0 Å². The molecule has 4 nitrogen and oxygen atoms in total. The predicted octanol–water partition coefficient (Wildman–Crippen LogP) is 2.89.